The number of carboxylic acid groups (broad SMARTS) is 1. The number of carboxylic acids is 1. The van der Waals surface area contributed by atoms with Gasteiger partial charge in [-0.25, -0.2) is 0 Å². The van der Waals surface area contributed by atoms with Crippen LogP contribution in [0, 0.1) is 0 Å². The normalized spacial score (nSPS) is 14.5. The molecule has 1 unspecified atom stereocenters. The second-order valence-corrected chi connectivity index (χ2v) is 3.59. The first-order chi connectivity index (χ1) is 6.37. The van der Waals surface area contributed by atoms with Crippen LogP contribution >= 0.6 is 0 Å². The van der Waals surface area contributed by atoms with Gasteiger partial charge in [0.2, 0.25) is 5.91 Å². The first-order valence-corrected chi connectivity index (χ1v) is 4.58. The second-order valence-electron chi connectivity index (χ2n) is 3.59. The zero-order valence-corrected chi connectivity index (χ0v) is 8.54. The highest BCUT2D eigenvalue weighted by Crippen LogP contribution is 2.07. The zero-order chi connectivity index (χ0) is 11.2. The predicted molar refractivity (Wildman–Crippen MR) is 50.8 cm³/mol. The highest BCUT2D eigenvalue weighted by Gasteiger charge is 2.24. The number of carbonyl (C=O) groups excluding carboxylic acids is 1. The lowest BCUT2D eigenvalue weighted by molar-refractivity contribution is -0.142. The van der Waals surface area contributed by atoms with Crippen molar-refractivity contribution in [3.05, 3.63) is 0 Å². The Kier molecular flexibility index (Phi) is 5.15. The van der Waals surface area contributed by atoms with Crippen molar-refractivity contribution in [2.24, 2.45) is 0 Å². The average Bonchev–Trinajstić information content (AvgIpc) is 1.99. The second kappa shape index (κ2) is 5.59. The first kappa shape index (κ1) is 12.9. The average molecular weight is 203 g/mol. The van der Waals surface area contributed by atoms with Crippen molar-refractivity contribution < 1.29 is 19.8 Å². The molecule has 0 spiro atoms. The van der Waals surface area contributed by atoms with Crippen LogP contribution in [0.15, 0.2) is 0 Å². The smallest absolute Gasteiger partial charge is 0.306 e. The number of rotatable bonds is 6. The Balaban J connectivity index is 3.86. The number of hydrogen-bond acceptors (Lipinski definition) is 3. The summed E-state index contributed by atoms with van der Waals surface area (Å²) in [7, 11) is 0. The minimum Gasteiger partial charge on any atom is -0.481 e. The molecule has 0 bridgehead atoms. The van der Waals surface area contributed by atoms with Gasteiger partial charge in [-0.2, -0.15) is 0 Å². The molecule has 0 aromatic rings. The monoisotopic (exact) mass is 203 g/mol. The van der Waals surface area contributed by atoms with E-state index in [0.717, 1.165) is 6.42 Å². The summed E-state index contributed by atoms with van der Waals surface area (Å²) < 4.78 is 0. The van der Waals surface area contributed by atoms with Gasteiger partial charge >= 0.3 is 5.97 Å². The molecule has 3 N–H and O–H groups in total. The van der Waals surface area contributed by atoms with E-state index in [1.807, 2.05) is 6.92 Å². The fourth-order valence-corrected chi connectivity index (χ4v) is 0.993. The van der Waals surface area contributed by atoms with Crippen molar-refractivity contribution in [1.29, 1.82) is 0 Å². The molecule has 0 fully saturated rings. The first-order valence-electron chi connectivity index (χ1n) is 4.58. The van der Waals surface area contributed by atoms with E-state index >= 15 is 0 Å². The Hall–Kier alpha value is -1.10. The fraction of sp³-hybridized carbons (Fsp3) is 0.778. The van der Waals surface area contributed by atoms with E-state index in [2.05, 4.69) is 5.32 Å². The molecule has 0 saturated heterocycles. The lowest BCUT2D eigenvalue weighted by atomic mass is 10.0. The summed E-state index contributed by atoms with van der Waals surface area (Å²) in [6, 6.07) is 0. The molecule has 0 saturated carbocycles. The van der Waals surface area contributed by atoms with Gasteiger partial charge in [0.05, 0.1) is 12.0 Å². The highest BCUT2D eigenvalue weighted by atomic mass is 16.4. The van der Waals surface area contributed by atoms with Gasteiger partial charge in [0, 0.05) is 13.0 Å². The van der Waals surface area contributed by atoms with E-state index in [1.54, 1.807) is 0 Å². The molecule has 0 rings (SSSR count). The lowest BCUT2D eigenvalue weighted by Gasteiger charge is -2.21. The molecular weight excluding hydrogens is 186 g/mol. The van der Waals surface area contributed by atoms with Gasteiger partial charge in [-0.1, -0.05) is 6.92 Å². The van der Waals surface area contributed by atoms with Crippen LogP contribution in [0.5, 0.6) is 0 Å². The van der Waals surface area contributed by atoms with Crippen LogP contribution in [0.3, 0.4) is 0 Å². The van der Waals surface area contributed by atoms with Crippen LogP contribution in [0.2, 0.25) is 0 Å². The van der Waals surface area contributed by atoms with Gasteiger partial charge in [-0.3, -0.25) is 9.59 Å². The Morgan fingerprint density at radius 2 is 2.00 bits per heavy atom. The van der Waals surface area contributed by atoms with Crippen LogP contribution in [0.1, 0.15) is 33.1 Å². The molecule has 0 aromatic carbocycles. The van der Waals surface area contributed by atoms with Crippen molar-refractivity contribution >= 4 is 11.9 Å². The van der Waals surface area contributed by atoms with Crippen LogP contribution < -0.4 is 5.32 Å². The van der Waals surface area contributed by atoms with Gasteiger partial charge in [-0.05, 0) is 13.3 Å². The maximum absolute atomic E-state index is 11.0. The molecule has 0 aliphatic heterocycles. The summed E-state index contributed by atoms with van der Waals surface area (Å²) >= 11 is 0. The molecule has 5 heteroatoms. The molecule has 1 amide bonds. The Bertz CT molecular complexity index is 213. The third kappa shape index (κ3) is 6.42. The van der Waals surface area contributed by atoms with Gasteiger partial charge < -0.3 is 15.5 Å². The van der Waals surface area contributed by atoms with Gasteiger partial charge in [0.1, 0.15) is 0 Å². The fourth-order valence-electron chi connectivity index (χ4n) is 0.993. The number of amides is 1. The predicted octanol–water partition coefficient (Wildman–Crippen LogP) is 0.128. The number of aliphatic carboxylic acids is 1. The molecule has 0 heterocycles. The molecule has 14 heavy (non-hydrogen) atoms. The van der Waals surface area contributed by atoms with E-state index in [-0.39, 0.29) is 18.9 Å². The van der Waals surface area contributed by atoms with Crippen molar-refractivity contribution in [2.75, 3.05) is 6.54 Å². The minimum absolute atomic E-state index is 0.0296. The van der Waals surface area contributed by atoms with Crippen molar-refractivity contribution in [1.82, 2.24) is 5.32 Å². The van der Waals surface area contributed by atoms with Crippen molar-refractivity contribution in [3.8, 4) is 0 Å². The largest absolute Gasteiger partial charge is 0.481 e. The summed E-state index contributed by atoms with van der Waals surface area (Å²) in [4.78, 5) is 21.3. The Labute approximate surface area is 83.1 Å². The molecule has 5 nitrogen and oxygen atoms in total. The molecule has 0 aliphatic carbocycles. The molecule has 0 radical (unpaired) electrons. The Morgan fingerprint density at radius 3 is 2.43 bits per heavy atom. The molecular formula is C9H17NO4. The third-order valence-corrected chi connectivity index (χ3v) is 1.68. The van der Waals surface area contributed by atoms with Gasteiger partial charge in [0.25, 0.3) is 0 Å². The van der Waals surface area contributed by atoms with E-state index in [1.165, 1.54) is 6.92 Å². The van der Waals surface area contributed by atoms with Crippen LogP contribution in [-0.2, 0) is 9.59 Å². The maximum Gasteiger partial charge on any atom is 0.306 e. The van der Waals surface area contributed by atoms with Crippen LogP contribution in [-0.4, -0.2) is 34.2 Å². The van der Waals surface area contributed by atoms with Gasteiger partial charge in [0.15, 0.2) is 0 Å². The molecule has 0 aromatic heterocycles. The van der Waals surface area contributed by atoms with E-state index in [9.17, 15) is 14.7 Å². The third-order valence-electron chi connectivity index (χ3n) is 1.68. The van der Waals surface area contributed by atoms with E-state index in [0.29, 0.717) is 6.42 Å². The van der Waals surface area contributed by atoms with E-state index in [4.69, 9.17) is 5.11 Å². The molecule has 82 valence electrons. The number of nitrogens with one attached hydrogen (secondary N) is 1. The van der Waals surface area contributed by atoms with E-state index < -0.39 is 11.6 Å². The number of hydrogen-bond donors (Lipinski definition) is 3. The highest BCUT2D eigenvalue weighted by molar-refractivity contribution is 5.76. The standard InChI is InChI=1S/C9H17NO4/c1-3-4-7(11)10-6-9(2,14)5-8(12)13/h14H,3-6H2,1-2H3,(H,10,11)(H,12,13). The summed E-state index contributed by atoms with van der Waals surface area (Å²) in [5.41, 5.74) is -1.38. The van der Waals surface area contributed by atoms with Crippen molar-refractivity contribution in [3.63, 3.8) is 0 Å². The van der Waals surface area contributed by atoms with Crippen LogP contribution in [0.4, 0.5) is 0 Å². The zero-order valence-electron chi connectivity index (χ0n) is 8.54. The summed E-state index contributed by atoms with van der Waals surface area (Å²) in [5, 5.41) is 20.4. The summed E-state index contributed by atoms with van der Waals surface area (Å²) in [5.74, 6) is -1.25. The Morgan fingerprint density at radius 1 is 1.43 bits per heavy atom. The quantitative estimate of drug-likeness (QED) is 0.572. The number of aliphatic hydroxyl groups is 1. The van der Waals surface area contributed by atoms with Crippen molar-refractivity contribution in [2.45, 2.75) is 38.7 Å². The molecule has 0 aliphatic rings. The summed E-state index contributed by atoms with van der Waals surface area (Å²) in [6.45, 7) is 3.22. The van der Waals surface area contributed by atoms with Gasteiger partial charge in [-0.15, -0.1) is 0 Å². The SMILES string of the molecule is CCCC(=O)NCC(C)(O)CC(=O)O. The minimum atomic E-state index is -1.38. The number of carbonyl (C=O) groups is 2. The molecule has 1 atom stereocenters. The summed E-state index contributed by atoms with van der Waals surface area (Å²) in [6.07, 6.45) is 0.745. The maximum atomic E-state index is 11.0. The van der Waals surface area contributed by atoms with Crippen LogP contribution in [0.25, 0.3) is 0 Å². The topological polar surface area (TPSA) is 86.6 Å². The lowest BCUT2D eigenvalue weighted by Crippen LogP contribution is -2.42.